The maximum Gasteiger partial charge on any atom is 0.342 e. The van der Waals surface area contributed by atoms with E-state index < -0.39 is 11.5 Å². The lowest BCUT2D eigenvalue weighted by atomic mass is 10.3. The van der Waals surface area contributed by atoms with Gasteiger partial charge in [-0.3, -0.25) is 9.20 Å². The molecule has 1 N–H and O–H groups in total. The molecule has 2 aromatic rings. The molecule has 0 radical (unpaired) electrons. The molecule has 0 amide bonds. The lowest BCUT2D eigenvalue weighted by Crippen LogP contribution is -2.23. The smallest absolute Gasteiger partial charge is 0.342 e. The van der Waals surface area contributed by atoms with Gasteiger partial charge in [0.25, 0.3) is 5.56 Å². The number of fused-ring (bicyclic) bond motifs is 1. The number of aromatic nitrogens is 3. The highest BCUT2D eigenvalue weighted by molar-refractivity contribution is 5.86. The van der Waals surface area contributed by atoms with Crippen LogP contribution in [-0.2, 0) is 0 Å². The van der Waals surface area contributed by atoms with Crippen molar-refractivity contribution in [1.29, 1.82) is 0 Å². The maximum absolute atomic E-state index is 11.6. The van der Waals surface area contributed by atoms with Crippen LogP contribution < -0.4 is 5.56 Å². The minimum atomic E-state index is -1.29. The highest BCUT2D eigenvalue weighted by Crippen LogP contribution is 1.97. The van der Waals surface area contributed by atoms with Gasteiger partial charge < -0.3 is 5.11 Å². The molecule has 76 valence electrons. The summed E-state index contributed by atoms with van der Waals surface area (Å²) in [4.78, 5) is 30.0. The molecular weight excluding hydrogens is 198 g/mol. The Labute approximate surface area is 83.8 Å². The number of aryl methyl sites for hydroxylation is 1. The molecule has 0 aliphatic heterocycles. The van der Waals surface area contributed by atoms with Gasteiger partial charge in [0.05, 0.1) is 6.20 Å². The zero-order valence-electron chi connectivity index (χ0n) is 7.84. The lowest BCUT2D eigenvalue weighted by molar-refractivity contribution is 0.0694. The van der Waals surface area contributed by atoms with Crippen LogP contribution in [0.25, 0.3) is 5.78 Å². The second-order valence-corrected chi connectivity index (χ2v) is 3.08. The molecule has 6 nitrogen and oxygen atoms in total. The van der Waals surface area contributed by atoms with E-state index in [9.17, 15) is 9.59 Å². The molecule has 0 bridgehead atoms. The van der Waals surface area contributed by atoms with Crippen molar-refractivity contribution in [2.24, 2.45) is 0 Å². The largest absolute Gasteiger partial charge is 0.477 e. The van der Waals surface area contributed by atoms with Crippen molar-refractivity contribution < 1.29 is 9.90 Å². The van der Waals surface area contributed by atoms with Crippen LogP contribution >= 0.6 is 0 Å². The Morgan fingerprint density at radius 1 is 1.40 bits per heavy atom. The molecular formula is C9H7N3O3. The van der Waals surface area contributed by atoms with Crippen molar-refractivity contribution in [3.05, 3.63) is 40.1 Å². The van der Waals surface area contributed by atoms with E-state index in [0.29, 0.717) is 0 Å². The molecule has 0 unspecified atom stereocenters. The Bertz CT molecular complexity index is 603. The maximum atomic E-state index is 11.6. The fourth-order valence-electron chi connectivity index (χ4n) is 1.22. The van der Waals surface area contributed by atoms with Crippen LogP contribution in [0.4, 0.5) is 0 Å². The average Bonchev–Trinajstić information content (AvgIpc) is 2.19. The number of hydrogen-bond donors (Lipinski definition) is 1. The van der Waals surface area contributed by atoms with E-state index in [-0.39, 0.29) is 11.3 Å². The second-order valence-electron chi connectivity index (χ2n) is 3.08. The number of carboxylic acids is 1. The van der Waals surface area contributed by atoms with Gasteiger partial charge in [0.2, 0.25) is 5.78 Å². The molecule has 2 aromatic heterocycles. The summed E-state index contributed by atoms with van der Waals surface area (Å²) >= 11 is 0. The third kappa shape index (κ3) is 1.45. The molecule has 2 heterocycles. The van der Waals surface area contributed by atoms with Crippen LogP contribution in [0.1, 0.15) is 15.9 Å². The molecule has 15 heavy (non-hydrogen) atoms. The van der Waals surface area contributed by atoms with Crippen molar-refractivity contribution in [2.45, 2.75) is 6.92 Å². The molecule has 0 saturated heterocycles. The first-order valence-corrected chi connectivity index (χ1v) is 4.17. The van der Waals surface area contributed by atoms with Crippen molar-refractivity contribution in [3.63, 3.8) is 0 Å². The van der Waals surface area contributed by atoms with Crippen LogP contribution in [0, 0.1) is 6.92 Å². The standard InChI is InChI=1S/C9H7N3O3/c1-5-2-10-9-11-3-6(8(14)15)7(13)12(9)4-5/h2-4H,1H3,(H,14,15). The van der Waals surface area contributed by atoms with Gasteiger partial charge in [-0.1, -0.05) is 0 Å². The first-order chi connectivity index (χ1) is 7.09. The summed E-state index contributed by atoms with van der Waals surface area (Å²) in [5, 5.41) is 8.72. The number of aromatic carboxylic acids is 1. The van der Waals surface area contributed by atoms with Crippen molar-refractivity contribution in [2.75, 3.05) is 0 Å². The third-order valence-electron chi connectivity index (χ3n) is 1.92. The molecule has 0 fully saturated rings. The number of carbonyl (C=O) groups is 1. The summed E-state index contributed by atoms with van der Waals surface area (Å²) in [6.07, 6.45) is 4.08. The molecule has 0 saturated carbocycles. The van der Waals surface area contributed by atoms with E-state index in [4.69, 9.17) is 5.11 Å². The normalized spacial score (nSPS) is 10.5. The summed E-state index contributed by atoms with van der Waals surface area (Å²) in [5.41, 5.74) is -0.225. The quantitative estimate of drug-likeness (QED) is 0.713. The van der Waals surface area contributed by atoms with Crippen molar-refractivity contribution in [3.8, 4) is 0 Å². The number of carboxylic acid groups (broad SMARTS) is 1. The molecule has 0 aliphatic carbocycles. The van der Waals surface area contributed by atoms with Gasteiger partial charge in [0, 0.05) is 12.4 Å². The van der Waals surface area contributed by atoms with Gasteiger partial charge in [0.1, 0.15) is 5.56 Å². The predicted octanol–water partition coefficient (Wildman–Crippen LogP) is 0.0961. The first kappa shape index (κ1) is 9.32. The van der Waals surface area contributed by atoms with Crippen LogP contribution in [0.15, 0.2) is 23.4 Å². The third-order valence-corrected chi connectivity index (χ3v) is 1.92. The Morgan fingerprint density at radius 2 is 2.07 bits per heavy atom. The second kappa shape index (κ2) is 3.16. The highest BCUT2D eigenvalue weighted by Gasteiger charge is 2.11. The fraction of sp³-hybridized carbons (Fsp3) is 0.111. The topological polar surface area (TPSA) is 84.6 Å². The minimum Gasteiger partial charge on any atom is -0.477 e. The van der Waals surface area contributed by atoms with Gasteiger partial charge in [-0.25, -0.2) is 14.8 Å². The average molecular weight is 205 g/mol. The Hall–Kier alpha value is -2.24. The summed E-state index contributed by atoms with van der Waals surface area (Å²) in [6.45, 7) is 1.76. The Morgan fingerprint density at radius 3 is 2.73 bits per heavy atom. The lowest BCUT2D eigenvalue weighted by Gasteiger charge is -2.00. The Balaban J connectivity index is 2.89. The van der Waals surface area contributed by atoms with Gasteiger partial charge in [-0.05, 0) is 12.5 Å². The summed E-state index contributed by atoms with van der Waals surface area (Å²) < 4.78 is 1.12. The zero-order valence-corrected chi connectivity index (χ0v) is 7.84. The highest BCUT2D eigenvalue weighted by atomic mass is 16.4. The molecule has 0 aliphatic rings. The number of rotatable bonds is 1. The molecule has 0 atom stereocenters. The van der Waals surface area contributed by atoms with E-state index in [1.807, 2.05) is 0 Å². The molecule has 0 aromatic carbocycles. The van der Waals surface area contributed by atoms with Crippen molar-refractivity contribution in [1.82, 2.24) is 14.4 Å². The van der Waals surface area contributed by atoms with Crippen molar-refractivity contribution >= 4 is 11.7 Å². The monoisotopic (exact) mass is 205 g/mol. The first-order valence-electron chi connectivity index (χ1n) is 4.17. The van der Waals surface area contributed by atoms with Gasteiger partial charge in [-0.15, -0.1) is 0 Å². The van der Waals surface area contributed by atoms with E-state index in [1.54, 1.807) is 13.1 Å². The van der Waals surface area contributed by atoms with E-state index in [2.05, 4.69) is 9.97 Å². The number of hydrogen-bond acceptors (Lipinski definition) is 4. The van der Waals surface area contributed by atoms with Crippen LogP contribution in [0.5, 0.6) is 0 Å². The summed E-state index contributed by atoms with van der Waals surface area (Å²) in [6, 6.07) is 0. The predicted molar refractivity (Wildman–Crippen MR) is 51.0 cm³/mol. The Kier molecular flexibility index (Phi) is 1.96. The van der Waals surface area contributed by atoms with Gasteiger partial charge in [-0.2, -0.15) is 0 Å². The van der Waals surface area contributed by atoms with Gasteiger partial charge >= 0.3 is 5.97 Å². The fourth-order valence-corrected chi connectivity index (χ4v) is 1.22. The molecule has 0 spiro atoms. The molecule has 6 heteroatoms. The zero-order chi connectivity index (χ0) is 11.0. The SMILES string of the molecule is Cc1cnc2ncc(C(=O)O)c(=O)n2c1. The molecule has 2 rings (SSSR count). The van der Waals surface area contributed by atoms with E-state index in [1.165, 1.54) is 6.20 Å². The van der Waals surface area contributed by atoms with Crippen LogP contribution in [-0.4, -0.2) is 25.4 Å². The van der Waals surface area contributed by atoms with Gasteiger partial charge in [0.15, 0.2) is 0 Å². The van der Waals surface area contributed by atoms with Crippen LogP contribution in [0.2, 0.25) is 0 Å². The minimum absolute atomic E-state index is 0.190. The summed E-state index contributed by atoms with van der Waals surface area (Å²) in [7, 11) is 0. The number of nitrogens with zero attached hydrogens (tertiary/aromatic N) is 3. The summed E-state index contributed by atoms with van der Waals surface area (Å²) in [5.74, 6) is -1.10. The van der Waals surface area contributed by atoms with E-state index in [0.717, 1.165) is 16.2 Å². The van der Waals surface area contributed by atoms with E-state index >= 15 is 0 Å². The van der Waals surface area contributed by atoms with Crippen LogP contribution in [0.3, 0.4) is 0 Å².